The standard InChI is InChI=1S/C18H23ClN2O3/c1-10-14(16(22)24-11(2)18(3,4)5)15(21-17(23)20-10)12-6-8-13(19)9-7-12/h6-9,11,15H,1-5H3,(H2,20,21,23). The van der Waals surface area contributed by atoms with E-state index in [1.165, 1.54) is 0 Å². The van der Waals surface area contributed by atoms with Gasteiger partial charge < -0.3 is 15.4 Å². The Bertz CT molecular complexity index is 674. The zero-order chi connectivity index (χ0) is 18.1. The van der Waals surface area contributed by atoms with Crippen LogP contribution in [0, 0.1) is 5.41 Å². The van der Waals surface area contributed by atoms with Gasteiger partial charge in [-0.05, 0) is 37.0 Å². The number of ether oxygens (including phenoxy) is 1. The number of hydrogen-bond donors (Lipinski definition) is 2. The van der Waals surface area contributed by atoms with Gasteiger partial charge in [0.15, 0.2) is 0 Å². The normalized spacial score (nSPS) is 19.4. The molecular weight excluding hydrogens is 328 g/mol. The number of benzene rings is 1. The number of esters is 1. The third-order valence-electron chi connectivity index (χ3n) is 4.20. The second-order valence-corrected chi connectivity index (χ2v) is 7.47. The molecular formula is C18H23ClN2O3. The van der Waals surface area contributed by atoms with E-state index in [1.807, 2.05) is 27.7 Å². The maximum atomic E-state index is 12.7. The van der Waals surface area contributed by atoms with Gasteiger partial charge in [0.2, 0.25) is 0 Å². The minimum absolute atomic E-state index is 0.175. The number of carbonyl (C=O) groups excluding carboxylic acids is 2. The summed E-state index contributed by atoms with van der Waals surface area (Å²) in [6.45, 7) is 9.57. The fraction of sp³-hybridized carbons (Fsp3) is 0.444. The van der Waals surface area contributed by atoms with E-state index < -0.39 is 12.0 Å². The fourth-order valence-corrected chi connectivity index (χ4v) is 2.40. The third kappa shape index (κ3) is 4.09. The monoisotopic (exact) mass is 350 g/mol. The Morgan fingerprint density at radius 3 is 2.38 bits per heavy atom. The maximum Gasteiger partial charge on any atom is 0.338 e. The summed E-state index contributed by atoms with van der Waals surface area (Å²) in [7, 11) is 0. The first-order chi connectivity index (χ1) is 11.1. The zero-order valence-electron chi connectivity index (χ0n) is 14.6. The summed E-state index contributed by atoms with van der Waals surface area (Å²) in [5.41, 5.74) is 1.48. The van der Waals surface area contributed by atoms with Crippen molar-refractivity contribution in [3.8, 4) is 0 Å². The Morgan fingerprint density at radius 2 is 1.83 bits per heavy atom. The molecule has 0 saturated carbocycles. The average Bonchev–Trinajstić information content (AvgIpc) is 2.45. The molecule has 1 heterocycles. The van der Waals surface area contributed by atoms with Gasteiger partial charge in [0, 0.05) is 10.7 Å². The quantitative estimate of drug-likeness (QED) is 0.811. The number of urea groups is 1. The number of rotatable bonds is 3. The van der Waals surface area contributed by atoms with Gasteiger partial charge in [0.1, 0.15) is 6.10 Å². The minimum atomic E-state index is -0.573. The fourth-order valence-electron chi connectivity index (χ4n) is 2.27. The molecule has 2 amide bonds. The van der Waals surface area contributed by atoms with Crippen LogP contribution in [0.4, 0.5) is 4.79 Å². The van der Waals surface area contributed by atoms with Crippen LogP contribution in [0.2, 0.25) is 5.02 Å². The van der Waals surface area contributed by atoms with Crippen LogP contribution in [0.15, 0.2) is 35.5 Å². The molecule has 0 fully saturated rings. The molecule has 0 aliphatic carbocycles. The largest absolute Gasteiger partial charge is 0.459 e. The molecule has 1 aliphatic heterocycles. The SMILES string of the molecule is CC1=C(C(=O)OC(C)C(C)(C)C)C(c2ccc(Cl)cc2)NC(=O)N1. The highest BCUT2D eigenvalue weighted by molar-refractivity contribution is 6.30. The molecule has 0 aromatic heterocycles. The van der Waals surface area contributed by atoms with Gasteiger partial charge in [-0.1, -0.05) is 44.5 Å². The van der Waals surface area contributed by atoms with Crippen molar-refractivity contribution in [2.24, 2.45) is 5.41 Å². The van der Waals surface area contributed by atoms with Crippen molar-refractivity contribution in [1.29, 1.82) is 0 Å². The lowest BCUT2D eigenvalue weighted by Crippen LogP contribution is -2.46. The summed E-state index contributed by atoms with van der Waals surface area (Å²) in [6, 6.07) is 6.09. The van der Waals surface area contributed by atoms with E-state index in [-0.39, 0.29) is 17.6 Å². The van der Waals surface area contributed by atoms with E-state index >= 15 is 0 Å². The molecule has 6 heteroatoms. The number of halogens is 1. The summed E-state index contributed by atoms with van der Waals surface area (Å²) in [6.07, 6.45) is -0.270. The van der Waals surface area contributed by atoms with E-state index in [1.54, 1.807) is 31.2 Å². The van der Waals surface area contributed by atoms with Gasteiger partial charge in [-0.15, -0.1) is 0 Å². The first kappa shape index (κ1) is 18.3. The van der Waals surface area contributed by atoms with Crippen LogP contribution in [0.3, 0.4) is 0 Å². The van der Waals surface area contributed by atoms with Crippen LogP contribution in [0.5, 0.6) is 0 Å². The predicted octanol–water partition coefficient (Wildman–Crippen LogP) is 3.95. The Balaban J connectivity index is 2.35. The molecule has 0 saturated heterocycles. The van der Waals surface area contributed by atoms with Crippen molar-refractivity contribution >= 4 is 23.6 Å². The second-order valence-electron chi connectivity index (χ2n) is 7.04. The van der Waals surface area contributed by atoms with E-state index in [2.05, 4.69) is 10.6 Å². The highest BCUT2D eigenvalue weighted by Crippen LogP contribution is 2.30. The lowest BCUT2D eigenvalue weighted by Gasteiger charge is -2.31. The summed E-state index contributed by atoms with van der Waals surface area (Å²) in [4.78, 5) is 24.6. The lowest BCUT2D eigenvalue weighted by molar-refractivity contribution is -0.149. The van der Waals surface area contributed by atoms with Crippen LogP contribution in [-0.2, 0) is 9.53 Å². The summed E-state index contributed by atoms with van der Waals surface area (Å²) >= 11 is 5.92. The van der Waals surface area contributed by atoms with E-state index in [4.69, 9.17) is 16.3 Å². The number of amides is 2. The number of carbonyl (C=O) groups is 2. The topological polar surface area (TPSA) is 67.4 Å². The average molecular weight is 351 g/mol. The summed E-state index contributed by atoms with van der Waals surface area (Å²) < 4.78 is 5.62. The maximum absolute atomic E-state index is 12.7. The summed E-state index contributed by atoms with van der Waals surface area (Å²) in [5.74, 6) is -0.442. The molecule has 130 valence electrons. The molecule has 2 N–H and O–H groups in total. The minimum Gasteiger partial charge on any atom is -0.459 e. The van der Waals surface area contributed by atoms with E-state index in [0.29, 0.717) is 16.3 Å². The Hall–Kier alpha value is -2.01. The first-order valence-corrected chi connectivity index (χ1v) is 8.22. The van der Waals surface area contributed by atoms with Crippen LogP contribution in [-0.4, -0.2) is 18.1 Å². The molecule has 2 atom stereocenters. The van der Waals surface area contributed by atoms with Gasteiger partial charge in [0.05, 0.1) is 11.6 Å². The van der Waals surface area contributed by atoms with E-state index in [9.17, 15) is 9.59 Å². The molecule has 24 heavy (non-hydrogen) atoms. The molecule has 1 aromatic rings. The number of nitrogens with one attached hydrogen (secondary N) is 2. The number of allylic oxidation sites excluding steroid dienone is 1. The predicted molar refractivity (Wildman–Crippen MR) is 93.6 cm³/mol. The Kier molecular flexibility index (Phi) is 5.23. The molecule has 2 unspecified atom stereocenters. The van der Waals surface area contributed by atoms with Crippen molar-refractivity contribution in [3.05, 3.63) is 46.1 Å². The number of hydrogen-bond acceptors (Lipinski definition) is 3. The van der Waals surface area contributed by atoms with Crippen molar-refractivity contribution in [3.63, 3.8) is 0 Å². The molecule has 1 aliphatic rings. The van der Waals surface area contributed by atoms with Crippen molar-refractivity contribution < 1.29 is 14.3 Å². The van der Waals surface area contributed by atoms with Crippen LogP contribution in [0.25, 0.3) is 0 Å². The van der Waals surface area contributed by atoms with Gasteiger partial charge >= 0.3 is 12.0 Å². The van der Waals surface area contributed by atoms with Crippen molar-refractivity contribution in [1.82, 2.24) is 10.6 Å². The molecule has 1 aromatic carbocycles. The van der Waals surface area contributed by atoms with E-state index in [0.717, 1.165) is 5.56 Å². The molecule has 0 radical (unpaired) electrons. The molecule has 5 nitrogen and oxygen atoms in total. The Morgan fingerprint density at radius 1 is 1.25 bits per heavy atom. The molecule has 2 rings (SSSR count). The van der Waals surface area contributed by atoms with Gasteiger partial charge in [0.25, 0.3) is 0 Å². The highest BCUT2D eigenvalue weighted by Gasteiger charge is 2.34. The van der Waals surface area contributed by atoms with Gasteiger partial charge in [-0.2, -0.15) is 0 Å². The highest BCUT2D eigenvalue weighted by atomic mass is 35.5. The smallest absolute Gasteiger partial charge is 0.338 e. The second kappa shape index (κ2) is 6.85. The van der Waals surface area contributed by atoms with Crippen LogP contribution in [0.1, 0.15) is 46.2 Å². The zero-order valence-corrected chi connectivity index (χ0v) is 15.3. The van der Waals surface area contributed by atoms with Crippen LogP contribution < -0.4 is 10.6 Å². The van der Waals surface area contributed by atoms with Crippen molar-refractivity contribution in [2.75, 3.05) is 0 Å². The van der Waals surface area contributed by atoms with Gasteiger partial charge in [-0.25, -0.2) is 9.59 Å². The molecule has 0 spiro atoms. The van der Waals surface area contributed by atoms with Crippen LogP contribution >= 0.6 is 11.6 Å². The Labute approximate surface area is 147 Å². The van der Waals surface area contributed by atoms with Crippen molar-refractivity contribution in [2.45, 2.75) is 46.8 Å². The first-order valence-electron chi connectivity index (χ1n) is 7.84. The van der Waals surface area contributed by atoms with Gasteiger partial charge in [-0.3, -0.25) is 0 Å². The molecule has 0 bridgehead atoms. The summed E-state index contributed by atoms with van der Waals surface area (Å²) in [5, 5.41) is 6.00. The third-order valence-corrected chi connectivity index (χ3v) is 4.45. The lowest BCUT2D eigenvalue weighted by atomic mass is 9.90.